The fourth-order valence-corrected chi connectivity index (χ4v) is 4.61. The Morgan fingerprint density at radius 3 is 2.00 bits per heavy atom. The van der Waals surface area contributed by atoms with Crippen LogP contribution in [-0.2, 0) is 6.54 Å². The average Bonchev–Trinajstić information content (AvgIpc) is 2.95. The molecule has 0 saturated heterocycles. The van der Waals surface area contributed by atoms with Crippen LogP contribution in [0, 0.1) is 0 Å². The molecule has 0 fully saturated rings. The van der Waals surface area contributed by atoms with Crippen LogP contribution in [0.15, 0.2) is 109 Å². The molecule has 1 unspecified atom stereocenters. The summed E-state index contributed by atoms with van der Waals surface area (Å²) in [6.07, 6.45) is 1.61. The fraction of sp³-hybridized carbons (Fsp3) is 0.188. The molecule has 0 heterocycles. The summed E-state index contributed by atoms with van der Waals surface area (Å²) in [5, 5.41) is 13.0. The Kier molecular flexibility index (Phi) is 9.27. The second kappa shape index (κ2) is 13.2. The van der Waals surface area contributed by atoms with Gasteiger partial charge in [-0.2, -0.15) is 0 Å². The summed E-state index contributed by atoms with van der Waals surface area (Å²) < 4.78 is 5.95. The molecule has 0 saturated carbocycles. The summed E-state index contributed by atoms with van der Waals surface area (Å²) in [6, 6.07) is 34.8. The summed E-state index contributed by atoms with van der Waals surface area (Å²) in [6.45, 7) is 1.09. The number of nitrogens with two attached hydrogens (primary N) is 1. The monoisotopic (exact) mass is 508 g/mol. The highest BCUT2D eigenvalue weighted by Gasteiger charge is 2.24. The standard InChI is InChI=1S/C32H32N2O4/c33-31(35)27-13-7-14-28(21-27)38-20-8-15-29(34-22-23-16-18-26(19-17-23)32(36)37)30(24-9-3-1-4-10-24)25-11-5-2-6-12-25/h1-7,9-14,16-19,21,29-30,34H,8,15,20,22H2,(H2,33,35)(H,36,37). The van der Waals surface area contributed by atoms with Gasteiger partial charge >= 0.3 is 5.97 Å². The highest BCUT2D eigenvalue weighted by molar-refractivity contribution is 5.93. The van der Waals surface area contributed by atoms with Crippen molar-refractivity contribution < 1.29 is 19.4 Å². The maximum atomic E-state index is 11.5. The lowest BCUT2D eigenvalue weighted by Gasteiger charge is -2.30. The molecule has 4 aromatic carbocycles. The number of aromatic carboxylic acids is 1. The maximum Gasteiger partial charge on any atom is 0.335 e. The normalized spacial score (nSPS) is 11.7. The molecular weight excluding hydrogens is 476 g/mol. The van der Waals surface area contributed by atoms with E-state index >= 15 is 0 Å². The van der Waals surface area contributed by atoms with Crippen LogP contribution in [0.1, 0.15) is 56.2 Å². The predicted octanol–water partition coefficient (Wildman–Crippen LogP) is 5.63. The van der Waals surface area contributed by atoms with Crippen LogP contribution in [0.3, 0.4) is 0 Å². The summed E-state index contributed by atoms with van der Waals surface area (Å²) in [5.41, 5.74) is 9.53. The topological polar surface area (TPSA) is 102 Å². The highest BCUT2D eigenvalue weighted by Crippen LogP contribution is 2.30. The molecule has 0 aliphatic carbocycles. The number of carboxylic acid groups (broad SMARTS) is 1. The lowest BCUT2D eigenvalue weighted by Crippen LogP contribution is -2.35. The number of carbonyl (C=O) groups is 2. The second-order valence-corrected chi connectivity index (χ2v) is 9.17. The highest BCUT2D eigenvalue weighted by atomic mass is 16.5. The summed E-state index contributed by atoms with van der Waals surface area (Å²) >= 11 is 0. The van der Waals surface area contributed by atoms with E-state index in [9.17, 15) is 14.7 Å². The number of hydrogen-bond donors (Lipinski definition) is 3. The van der Waals surface area contributed by atoms with Crippen molar-refractivity contribution in [2.45, 2.75) is 31.3 Å². The van der Waals surface area contributed by atoms with Gasteiger partial charge in [-0.25, -0.2) is 4.79 Å². The second-order valence-electron chi connectivity index (χ2n) is 9.17. The number of carboxylic acids is 1. The maximum absolute atomic E-state index is 11.5. The quantitative estimate of drug-likeness (QED) is 0.203. The van der Waals surface area contributed by atoms with Crippen molar-refractivity contribution in [2.75, 3.05) is 6.61 Å². The molecular formula is C32H32N2O4. The van der Waals surface area contributed by atoms with Crippen LogP contribution in [0.25, 0.3) is 0 Å². The van der Waals surface area contributed by atoms with Crippen LogP contribution in [0.2, 0.25) is 0 Å². The summed E-state index contributed by atoms with van der Waals surface area (Å²) in [5.74, 6) is -0.692. The molecule has 4 rings (SSSR count). The zero-order valence-electron chi connectivity index (χ0n) is 21.1. The van der Waals surface area contributed by atoms with Crippen LogP contribution in [-0.4, -0.2) is 29.6 Å². The lowest BCUT2D eigenvalue weighted by molar-refractivity contribution is 0.0696. The molecule has 0 aliphatic rings. The number of primary amides is 1. The van der Waals surface area contributed by atoms with Crippen LogP contribution < -0.4 is 15.8 Å². The first kappa shape index (κ1) is 26.6. The van der Waals surface area contributed by atoms with Crippen LogP contribution in [0.5, 0.6) is 5.75 Å². The molecule has 1 amide bonds. The first-order valence-electron chi connectivity index (χ1n) is 12.7. The zero-order valence-corrected chi connectivity index (χ0v) is 21.1. The summed E-state index contributed by atoms with van der Waals surface area (Å²) in [7, 11) is 0. The molecule has 0 bridgehead atoms. The van der Waals surface area contributed by atoms with Gasteiger partial charge in [0.15, 0.2) is 0 Å². The first-order valence-corrected chi connectivity index (χ1v) is 12.7. The van der Waals surface area contributed by atoms with Gasteiger partial charge in [-0.15, -0.1) is 0 Å². The molecule has 38 heavy (non-hydrogen) atoms. The molecule has 6 heteroatoms. The van der Waals surface area contributed by atoms with E-state index in [0.717, 1.165) is 18.4 Å². The van der Waals surface area contributed by atoms with E-state index in [2.05, 4.69) is 53.8 Å². The van der Waals surface area contributed by atoms with E-state index in [4.69, 9.17) is 10.5 Å². The Bertz CT molecular complexity index is 1290. The Morgan fingerprint density at radius 1 is 0.789 bits per heavy atom. The summed E-state index contributed by atoms with van der Waals surface area (Å²) in [4.78, 5) is 22.7. The van der Waals surface area contributed by atoms with Crippen molar-refractivity contribution in [1.29, 1.82) is 0 Å². The number of benzene rings is 4. The van der Waals surface area contributed by atoms with Gasteiger partial charge in [0.05, 0.1) is 12.2 Å². The molecule has 194 valence electrons. The molecule has 4 N–H and O–H groups in total. The van der Waals surface area contributed by atoms with Crippen molar-refractivity contribution in [2.24, 2.45) is 5.73 Å². The molecule has 4 aromatic rings. The Hall–Kier alpha value is -4.42. The zero-order chi connectivity index (χ0) is 26.7. The molecule has 0 spiro atoms. The minimum atomic E-state index is -0.933. The average molecular weight is 509 g/mol. The van der Waals surface area contributed by atoms with E-state index in [-0.39, 0.29) is 17.5 Å². The van der Waals surface area contributed by atoms with Crippen LogP contribution >= 0.6 is 0 Å². The van der Waals surface area contributed by atoms with E-state index in [1.165, 1.54) is 11.1 Å². The Balaban J connectivity index is 1.51. The van der Waals surface area contributed by atoms with Gasteiger partial charge in [-0.1, -0.05) is 78.9 Å². The van der Waals surface area contributed by atoms with Gasteiger partial charge in [0, 0.05) is 24.1 Å². The molecule has 6 nitrogen and oxygen atoms in total. The van der Waals surface area contributed by atoms with E-state index in [0.29, 0.717) is 24.5 Å². The Morgan fingerprint density at radius 2 is 1.42 bits per heavy atom. The lowest BCUT2D eigenvalue weighted by atomic mass is 9.83. The van der Waals surface area contributed by atoms with Gasteiger partial charge in [-0.3, -0.25) is 4.79 Å². The SMILES string of the molecule is NC(=O)c1cccc(OCCCC(NCc2ccc(C(=O)O)cc2)C(c2ccccc2)c2ccccc2)c1. The molecule has 1 atom stereocenters. The van der Waals surface area contributed by atoms with E-state index in [1.54, 1.807) is 30.3 Å². The van der Waals surface area contributed by atoms with Gasteiger partial charge in [0.1, 0.15) is 5.75 Å². The third-order valence-corrected chi connectivity index (χ3v) is 6.54. The number of nitrogens with one attached hydrogen (secondary N) is 1. The molecule has 0 aromatic heterocycles. The third kappa shape index (κ3) is 7.31. The fourth-order valence-electron chi connectivity index (χ4n) is 4.61. The van der Waals surface area contributed by atoms with E-state index in [1.807, 2.05) is 30.3 Å². The van der Waals surface area contributed by atoms with Crippen molar-refractivity contribution in [1.82, 2.24) is 5.32 Å². The van der Waals surface area contributed by atoms with Crippen molar-refractivity contribution >= 4 is 11.9 Å². The first-order chi connectivity index (χ1) is 18.5. The van der Waals surface area contributed by atoms with Gasteiger partial charge in [0.2, 0.25) is 5.91 Å². The van der Waals surface area contributed by atoms with Gasteiger partial charge in [0.25, 0.3) is 0 Å². The number of rotatable bonds is 13. The smallest absolute Gasteiger partial charge is 0.335 e. The van der Waals surface area contributed by atoms with Crippen molar-refractivity contribution in [3.8, 4) is 5.75 Å². The molecule has 0 radical (unpaired) electrons. The van der Waals surface area contributed by atoms with Gasteiger partial charge in [-0.05, 0) is 59.9 Å². The largest absolute Gasteiger partial charge is 0.494 e. The minimum absolute atomic E-state index is 0.0829. The van der Waals surface area contributed by atoms with Crippen molar-refractivity contribution in [3.05, 3.63) is 137 Å². The van der Waals surface area contributed by atoms with E-state index < -0.39 is 11.9 Å². The molecule has 0 aliphatic heterocycles. The van der Waals surface area contributed by atoms with Crippen molar-refractivity contribution in [3.63, 3.8) is 0 Å². The minimum Gasteiger partial charge on any atom is -0.494 e. The number of carbonyl (C=O) groups excluding carboxylic acids is 1. The number of amides is 1. The van der Waals surface area contributed by atoms with Crippen LogP contribution in [0.4, 0.5) is 0 Å². The number of ether oxygens (including phenoxy) is 1. The predicted molar refractivity (Wildman–Crippen MR) is 148 cm³/mol. The third-order valence-electron chi connectivity index (χ3n) is 6.54. The number of hydrogen-bond acceptors (Lipinski definition) is 4. The Labute approximate surface area is 223 Å². The van der Waals surface area contributed by atoms with Gasteiger partial charge < -0.3 is 20.9 Å².